The van der Waals surface area contributed by atoms with Gasteiger partial charge in [0.2, 0.25) is 5.91 Å². The fourth-order valence-electron chi connectivity index (χ4n) is 4.83. The number of amides is 1. The van der Waals surface area contributed by atoms with E-state index in [0.717, 1.165) is 75.9 Å². The maximum absolute atomic E-state index is 12.7. The lowest BCUT2D eigenvalue weighted by molar-refractivity contribution is -0.134. The van der Waals surface area contributed by atoms with Crippen LogP contribution in [0, 0.1) is 5.92 Å². The second kappa shape index (κ2) is 10.3. The Labute approximate surface area is 186 Å². The number of likely N-dealkylation sites (N-methyl/N-ethyl adjacent to an activating group) is 1. The van der Waals surface area contributed by atoms with Crippen molar-refractivity contribution in [2.75, 3.05) is 58.3 Å². The van der Waals surface area contributed by atoms with Crippen LogP contribution in [0.15, 0.2) is 23.3 Å². The molecule has 1 aliphatic carbocycles. The van der Waals surface area contributed by atoms with Crippen molar-refractivity contribution < 1.29 is 4.79 Å². The minimum absolute atomic E-state index is 0.259. The number of piperazine rings is 1. The van der Waals surface area contributed by atoms with Gasteiger partial charge in [-0.1, -0.05) is 18.9 Å². The summed E-state index contributed by atoms with van der Waals surface area (Å²) >= 11 is 0. The maximum Gasteiger partial charge on any atom is 0.225 e. The van der Waals surface area contributed by atoms with E-state index in [4.69, 9.17) is 0 Å². The molecule has 8 nitrogen and oxygen atoms in total. The van der Waals surface area contributed by atoms with Crippen LogP contribution in [0.1, 0.15) is 37.7 Å². The molecule has 0 aromatic carbocycles. The third kappa shape index (κ3) is 5.67. The monoisotopic (exact) mass is 427 g/mol. The number of likely N-dealkylation sites (tertiary alicyclic amines) is 1. The highest BCUT2D eigenvalue weighted by molar-refractivity contribution is 5.81. The molecule has 0 spiro atoms. The van der Waals surface area contributed by atoms with Crippen LogP contribution in [0.5, 0.6) is 0 Å². The molecule has 2 N–H and O–H groups in total. The standard InChI is InChI=1S/C23H37N7O/c1-24-23(27-20-9-10-30(17-20)22(31)19-5-3-4-6-19)26-16-18-7-8-21(25-15-18)29-13-11-28(2)12-14-29/h7-8,15,19-20H,3-6,9-14,16-17H2,1-2H3,(H2,24,26,27). The highest BCUT2D eigenvalue weighted by atomic mass is 16.2. The predicted octanol–water partition coefficient (Wildman–Crippen LogP) is 1.29. The first-order valence-corrected chi connectivity index (χ1v) is 11.8. The third-order valence-corrected chi connectivity index (χ3v) is 6.87. The van der Waals surface area contributed by atoms with Gasteiger partial charge < -0.3 is 25.3 Å². The van der Waals surface area contributed by atoms with Crippen LogP contribution < -0.4 is 15.5 Å². The van der Waals surface area contributed by atoms with E-state index in [9.17, 15) is 4.79 Å². The summed E-state index contributed by atoms with van der Waals surface area (Å²) in [5, 5.41) is 6.88. The number of guanidine groups is 1. The maximum atomic E-state index is 12.7. The minimum atomic E-state index is 0.259. The van der Waals surface area contributed by atoms with Crippen molar-refractivity contribution >= 4 is 17.7 Å². The second-order valence-corrected chi connectivity index (χ2v) is 9.14. The van der Waals surface area contributed by atoms with Gasteiger partial charge in [-0.2, -0.15) is 0 Å². The molecule has 8 heteroatoms. The lowest BCUT2D eigenvalue weighted by atomic mass is 10.1. The molecule has 1 atom stereocenters. The van der Waals surface area contributed by atoms with E-state index in [-0.39, 0.29) is 12.0 Å². The van der Waals surface area contributed by atoms with Gasteiger partial charge in [0, 0.05) is 71.0 Å². The number of anilines is 1. The Morgan fingerprint density at radius 1 is 1.13 bits per heavy atom. The topological polar surface area (TPSA) is 76.1 Å². The average Bonchev–Trinajstić information content (AvgIpc) is 3.50. The summed E-state index contributed by atoms with van der Waals surface area (Å²) in [5.74, 6) is 2.45. The van der Waals surface area contributed by atoms with Crippen LogP contribution >= 0.6 is 0 Å². The molecular formula is C23H37N7O. The van der Waals surface area contributed by atoms with Crippen molar-refractivity contribution in [1.29, 1.82) is 0 Å². The number of aliphatic imine (C=N–C) groups is 1. The van der Waals surface area contributed by atoms with Crippen molar-refractivity contribution in [1.82, 2.24) is 25.4 Å². The summed E-state index contributed by atoms with van der Waals surface area (Å²) < 4.78 is 0. The minimum Gasteiger partial charge on any atom is -0.354 e. The summed E-state index contributed by atoms with van der Waals surface area (Å²) in [7, 11) is 3.96. The summed E-state index contributed by atoms with van der Waals surface area (Å²) in [5.41, 5.74) is 1.13. The first-order chi connectivity index (χ1) is 15.1. The Morgan fingerprint density at radius 2 is 1.90 bits per heavy atom. The van der Waals surface area contributed by atoms with Crippen molar-refractivity contribution in [3.8, 4) is 0 Å². The summed E-state index contributed by atoms with van der Waals surface area (Å²) in [4.78, 5) is 28.4. The van der Waals surface area contributed by atoms with Crippen molar-refractivity contribution in [3.63, 3.8) is 0 Å². The van der Waals surface area contributed by atoms with Gasteiger partial charge in [-0.3, -0.25) is 9.79 Å². The molecule has 31 heavy (non-hydrogen) atoms. The Bertz CT molecular complexity index is 752. The van der Waals surface area contributed by atoms with Crippen LogP contribution in [0.2, 0.25) is 0 Å². The molecule has 1 amide bonds. The van der Waals surface area contributed by atoms with Gasteiger partial charge in [0.1, 0.15) is 5.82 Å². The largest absolute Gasteiger partial charge is 0.354 e. The fraction of sp³-hybridized carbons (Fsp3) is 0.696. The summed E-state index contributed by atoms with van der Waals surface area (Å²) in [6.07, 6.45) is 7.46. The zero-order valence-electron chi connectivity index (χ0n) is 19.0. The van der Waals surface area contributed by atoms with Gasteiger partial charge in [-0.05, 0) is 37.9 Å². The van der Waals surface area contributed by atoms with Gasteiger partial charge in [0.05, 0.1) is 0 Å². The van der Waals surface area contributed by atoms with Gasteiger partial charge in [0.15, 0.2) is 5.96 Å². The lowest BCUT2D eigenvalue weighted by Gasteiger charge is -2.33. The van der Waals surface area contributed by atoms with Crippen LogP contribution in [0.25, 0.3) is 0 Å². The lowest BCUT2D eigenvalue weighted by Crippen LogP contribution is -2.45. The zero-order valence-corrected chi connectivity index (χ0v) is 19.0. The smallest absolute Gasteiger partial charge is 0.225 e. The van der Waals surface area contributed by atoms with Crippen LogP contribution in [0.3, 0.4) is 0 Å². The first-order valence-electron chi connectivity index (χ1n) is 11.8. The first kappa shape index (κ1) is 21.9. The third-order valence-electron chi connectivity index (χ3n) is 6.87. The van der Waals surface area contributed by atoms with Crippen LogP contribution in [-0.4, -0.2) is 86.1 Å². The van der Waals surface area contributed by atoms with Gasteiger partial charge in [-0.15, -0.1) is 0 Å². The Morgan fingerprint density at radius 3 is 2.58 bits per heavy atom. The molecule has 2 aliphatic heterocycles. The number of rotatable bonds is 5. The summed E-state index contributed by atoms with van der Waals surface area (Å²) in [6.45, 7) is 6.51. The predicted molar refractivity (Wildman–Crippen MR) is 124 cm³/mol. The molecule has 1 saturated carbocycles. The zero-order chi connectivity index (χ0) is 21.6. The van der Waals surface area contributed by atoms with Crippen molar-refractivity contribution in [2.45, 2.75) is 44.7 Å². The molecule has 2 saturated heterocycles. The molecule has 1 unspecified atom stereocenters. The summed E-state index contributed by atoms with van der Waals surface area (Å²) in [6, 6.07) is 4.51. The second-order valence-electron chi connectivity index (χ2n) is 9.14. The number of nitrogens with one attached hydrogen (secondary N) is 2. The molecule has 0 bridgehead atoms. The highest BCUT2D eigenvalue weighted by Crippen LogP contribution is 2.27. The number of nitrogens with zero attached hydrogens (tertiary/aromatic N) is 5. The van der Waals surface area contributed by atoms with E-state index in [0.29, 0.717) is 12.5 Å². The molecule has 0 radical (unpaired) electrons. The number of carbonyl (C=O) groups excluding carboxylic acids is 1. The molecule has 1 aromatic rings. The van der Waals surface area contributed by atoms with Crippen LogP contribution in [-0.2, 0) is 11.3 Å². The normalized spacial score (nSPS) is 23.4. The fourth-order valence-corrected chi connectivity index (χ4v) is 4.83. The molecule has 3 aliphatic rings. The van der Waals surface area contributed by atoms with Crippen molar-refractivity contribution in [3.05, 3.63) is 23.9 Å². The molecule has 3 heterocycles. The number of aromatic nitrogens is 1. The van der Waals surface area contributed by atoms with Crippen LogP contribution in [0.4, 0.5) is 5.82 Å². The van der Waals surface area contributed by atoms with E-state index in [1.165, 1.54) is 12.8 Å². The number of pyridine rings is 1. The Balaban J connectivity index is 1.22. The molecule has 170 valence electrons. The van der Waals surface area contributed by atoms with E-state index >= 15 is 0 Å². The van der Waals surface area contributed by atoms with Crippen molar-refractivity contribution in [2.24, 2.45) is 10.9 Å². The average molecular weight is 428 g/mol. The number of carbonyl (C=O) groups is 1. The molecule has 1 aromatic heterocycles. The van der Waals surface area contributed by atoms with Gasteiger partial charge >= 0.3 is 0 Å². The van der Waals surface area contributed by atoms with E-state index in [2.05, 4.69) is 49.6 Å². The van der Waals surface area contributed by atoms with Gasteiger partial charge in [-0.25, -0.2) is 4.98 Å². The molecular weight excluding hydrogens is 390 g/mol. The van der Waals surface area contributed by atoms with E-state index in [1.807, 2.05) is 11.1 Å². The highest BCUT2D eigenvalue weighted by Gasteiger charge is 2.32. The quantitative estimate of drug-likeness (QED) is 0.545. The SMILES string of the molecule is CN=C(NCc1ccc(N2CCN(C)CC2)nc1)NC1CCN(C(=O)C2CCCC2)C1. The number of hydrogen-bond acceptors (Lipinski definition) is 5. The van der Waals surface area contributed by atoms with Gasteiger partial charge in [0.25, 0.3) is 0 Å². The Hall–Kier alpha value is -2.35. The molecule has 4 rings (SSSR count). The van der Waals surface area contributed by atoms with E-state index < -0.39 is 0 Å². The number of hydrogen-bond donors (Lipinski definition) is 2. The molecule has 3 fully saturated rings. The van der Waals surface area contributed by atoms with E-state index in [1.54, 1.807) is 7.05 Å². The Kier molecular flexibility index (Phi) is 7.27.